The summed E-state index contributed by atoms with van der Waals surface area (Å²) in [6.07, 6.45) is 3.18. The van der Waals surface area contributed by atoms with E-state index in [2.05, 4.69) is 14.7 Å². The number of primary amides is 1. The van der Waals surface area contributed by atoms with Crippen molar-refractivity contribution in [1.82, 2.24) is 19.6 Å². The molecular formula is C28H26N6O5S. The number of H-pyrrole nitrogens is 1. The number of aromatic amines is 1. The number of nitrogens with two attached hydrogens (primary N) is 2. The summed E-state index contributed by atoms with van der Waals surface area (Å²) in [5.74, 6) is -0.748. The predicted molar refractivity (Wildman–Crippen MR) is 150 cm³/mol. The van der Waals surface area contributed by atoms with Gasteiger partial charge in [0.1, 0.15) is 22.4 Å². The number of amides is 3. The Balaban J connectivity index is 1.57. The lowest BCUT2D eigenvalue weighted by atomic mass is 10.0. The molecule has 0 spiro atoms. The standard InChI is InChI=1S/C28H26N6O5S/c1-38-17-10-8-16(9-11-17)13-32-27(36)24(20-14-31-21-7-3-2-6-19(20)21)34(15-18-5-4-12-39-18)28(37)25-22(29)23(26(30)35)33-40-25/h2-12,14,24,31H,13,15,29H2,1H3,(H2,30,35)(H,32,36)/t24-/m0/s1. The molecule has 0 saturated carbocycles. The van der Waals surface area contributed by atoms with Crippen LogP contribution in [0.5, 0.6) is 5.75 Å². The number of carbonyl (C=O) groups excluding carboxylic acids is 3. The highest BCUT2D eigenvalue weighted by atomic mass is 32.1. The largest absolute Gasteiger partial charge is 0.497 e. The topological polar surface area (TPSA) is 170 Å². The lowest BCUT2D eigenvalue weighted by Gasteiger charge is -2.30. The van der Waals surface area contributed by atoms with Gasteiger partial charge in [-0.2, -0.15) is 4.37 Å². The smallest absolute Gasteiger partial charge is 0.270 e. The van der Waals surface area contributed by atoms with Gasteiger partial charge in [-0.15, -0.1) is 0 Å². The quantitative estimate of drug-likeness (QED) is 0.203. The van der Waals surface area contributed by atoms with Crippen LogP contribution in [0, 0.1) is 0 Å². The van der Waals surface area contributed by atoms with Crippen molar-refractivity contribution >= 4 is 45.8 Å². The molecule has 5 rings (SSSR count). The van der Waals surface area contributed by atoms with Crippen molar-refractivity contribution in [2.45, 2.75) is 19.1 Å². The fourth-order valence-electron chi connectivity index (χ4n) is 4.41. The van der Waals surface area contributed by atoms with Crippen LogP contribution in [0.2, 0.25) is 0 Å². The molecular weight excluding hydrogens is 532 g/mol. The molecule has 12 heteroatoms. The summed E-state index contributed by atoms with van der Waals surface area (Å²) in [7, 11) is 1.58. The van der Waals surface area contributed by atoms with Crippen LogP contribution < -0.4 is 21.5 Å². The van der Waals surface area contributed by atoms with E-state index in [-0.39, 0.29) is 29.3 Å². The normalized spacial score (nSPS) is 11.7. The van der Waals surface area contributed by atoms with E-state index in [1.54, 1.807) is 37.6 Å². The van der Waals surface area contributed by atoms with Gasteiger partial charge in [0.25, 0.3) is 11.8 Å². The number of nitrogens with one attached hydrogen (secondary N) is 2. The molecule has 0 bridgehead atoms. The first kappa shape index (κ1) is 26.5. The van der Waals surface area contributed by atoms with Gasteiger partial charge in [0.05, 0.1) is 25.6 Å². The molecule has 0 saturated heterocycles. The number of ether oxygens (including phenoxy) is 1. The number of fused-ring (bicyclic) bond motifs is 1. The summed E-state index contributed by atoms with van der Waals surface area (Å²) in [6.45, 7) is 0.147. The van der Waals surface area contributed by atoms with E-state index in [1.165, 1.54) is 11.2 Å². The summed E-state index contributed by atoms with van der Waals surface area (Å²) >= 11 is 0.748. The predicted octanol–water partition coefficient (Wildman–Crippen LogP) is 3.61. The maximum absolute atomic E-state index is 14.1. The molecule has 0 fully saturated rings. The summed E-state index contributed by atoms with van der Waals surface area (Å²) in [4.78, 5) is 44.4. The second kappa shape index (κ2) is 11.3. The third-order valence-corrected chi connectivity index (χ3v) is 7.28. The van der Waals surface area contributed by atoms with Crippen LogP contribution in [0.15, 0.2) is 77.5 Å². The summed E-state index contributed by atoms with van der Waals surface area (Å²) in [5, 5.41) is 3.72. The van der Waals surface area contributed by atoms with Crippen molar-refractivity contribution in [1.29, 1.82) is 0 Å². The highest BCUT2D eigenvalue weighted by Gasteiger charge is 2.36. The molecule has 11 nitrogen and oxygen atoms in total. The second-order valence-electron chi connectivity index (χ2n) is 8.91. The molecule has 0 aliphatic heterocycles. The number of nitrogen functional groups attached to an aromatic ring is 1. The average Bonchev–Trinajstić information content (AvgIpc) is 3.72. The molecule has 0 unspecified atom stereocenters. The first-order valence-corrected chi connectivity index (χ1v) is 13.0. The number of aromatic nitrogens is 2. The maximum atomic E-state index is 14.1. The number of furan rings is 1. The first-order valence-electron chi connectivity index (χ1n) is 12.2. The number of carbonyl (C=O) groups is 3. The van der Waals surface area contributed by atoms with Gasteiger partial charge in [-0.05, 0) is 47.4 Å². The number of anilines is 1. The van der Waals surface area contributed by atoms with Crippen molar-refractivity contribution in [2.24, 2.45) is 5.73 Å². The molecule has 6 N–H and O–H groups in total. The molecule has 0 aliphatic carbocycles. The van der Waals surface area contributed by atoms with Gasteiger partial charge < -0.3 is 35.8 Å². The van der Waals surface area contributed by atoms with Crippen LogP contribution in [-0.2, 0) is 17.9 Å². The molecule has 5 aromatic rings. The average molecular weight is 559 g/mol. The van der Waals surface area contributed by atoms with Gasteiger partial charge in [-0.1, -0.05) is 30.3 Å². The van der Waals surface area contributed by atoms with Gasteiger partial charge in [0, 0.05) is 29.2 Å². The Hall–Kier alpha value is -5.10. The summed E-state index contributed by atoms with van der Waals surface area (Å²) in [5.41, 5.74) is 13.4. The molecule has 3 aromatic heterocycles. The minimum atomic E-state index is -1.11. The fraction of sp³-hybridized carbons (Fsp3) is 0.143. The van der Waals surface area contributed by atoms with Crippen molar-refractivity contribution in [2.75, 3.05) is 12.8 Å². The number of nitrogens with zero attached hydrogens (tertiary/aromatic N) is 2. The van der Waals surface area contributed by atoms with Crippen molar-refractivity contribution in [3.63, 3.8) is 0 Å². The third kappa shape index (κ3) is 5.24. The summed E-state index contributed by atoms with van der Waals surface area (Å²) in [6, 6.07) is 17.0. The van der Waals surface area contributed by atoms with Crippen molar-refractivity contribution in [3.8, 4) is 5.75 Å². The zero-order chi connectivity index (χ0) is 28.2. The van der Waals surface area contributed by atoms with E-state index in [9.17, 15) is 14.4 Å². The van der Waals surface area contributed by atoms with Crippen LogP contribution in [0.25, 0.3) is 10.9 Å². The van der Waals surface area contributed by atoms with Gasteiger partial charge in [-0.3, -0.25) is 14.4 Å². The van der Waals surface area contributed by atoms with Gasteiger partial charge >= 0.3 is 0 Å². The summed E-state index contributed by atoms with van der Waals surface area (Å²) < 4.78 is 14.7. The number of hydrogen-bond donors (Lipinski definition) is 4. The van der Waals surface area contributed by atoms with E-state index >= 15 is 0 Å². The number of methoxy groups -OCH3 is 1. The van der Waals surface area contributed by atoms with Gasteiger partial charge in [0.2, 0.25) is 5.91 Å². The highest BCUT2D eigenvalue weighted by molar-refractivity contribution is 7.09. The third-order valence-electron chi connectivity index (χ3n) is 6.42. The number of benzene rings is 2. The zero-order valence-corrected chi connectivity index (χ0v) is 22.2. The Morgan fingerprint density at radius 3 is 2.58 bits per heavy atom. The van der Waals surface area contributed by atoms with Crippen LogP contribution in [-0.4, -0.2) is 39.1 Å². The van der Waals surface area contributed by atoms with Crippen LogP contribution >= 0.6 is 11.5 Å². The van der Waals surface area contributed by atoms with Crippen molar-refractivity contribution in [3.05, 3.63) is 101 Å². The van der Waals surface area contributed by atoms with E-state index in [0.29, 0.717) is 17.1 Å². The Labute approximate surface area is 232 Å². The van der Waals surface area contributed by atoms with Crippen LogP contribution in [0.4, 0.5) is 5.69 Å². The molecule has 1 atom stereocenters. The number of rotatable bonds is 10. The van der Waals surface area contributed by atoms with Gasteiger partial charge in [0.15, 0.2) is 5.69 Å². The number of hydrogen-bond acceptors (Lipinski definition) is 8. The lowest BCUT2D eigenvalue weighted by molar-refractivity contribution is -0.126. The Bertz CT molecular complexity index is 1660. The minimum absolute atomic E-state index is 0.00634. The Morgan fingerprint density at radius 1 is 1.12 bits per heavy atom. The van der Waals surface area contributed by atoms with Crippen LogP contribution in [0.1, 0.15) is 43.1 Å². The molecule has 204 valence electrons. The fourth-order valence-corrected chi connectivity index (χ4v) is 5.17. The highest BCUT2D eigenvalue weighted by Crippen LogP contribution is 2.33. The van der Waals surface area contributed by atoms with E-state index in [4.69, 9.17) is 20.6 Å². The maximum Gasteiger partial charge on any atom is 0.270 e. The SMILES string of the molecule is COc1ccc(CNC(=O)[C@H](c2c[nH]c3ccccc23)N(Cc2ccco2)C(=O)c2snc(C(N)=O)c2N)cc1. The van der Waals surface area contributed by atoms with E-state index in [0.717, 1.165) is 28.0 Å². The molecule has 0 radical (unpaired) electrons. The second-order valence-corrected chi connectivity index (χ2v) is 9.68. The van der Waals surface area contributed by atoms with E-state index in [1.807, 2.05) is 36.4 Å². The lowest BCUT2D eigenvalue weighted by Crippen LogP contribution is -2.43. The molecule has 2 aromatic carbocycles. The number of para-hydroxylation sites is 1. The Morgan fingerprint density at radius 2 is 1.90 bits per heavy atom. The molecule has 3 heterocycles. The van der Waals surface area contributed by atoms with Crippen molar-refractivity contribution < 1.29 is 23.5 Å². The van der Waals surface area contributed by atoms with E-state index < -0.39 is 23.8 Å². The molecule has 3 amide bonds. The minimum Gasteiger partial charge on any atom is -0.497 e. The molecule has 40 heavy (non-hydrogen) atoms. The molecule has 0 aliphatic rings. The zero-order valence-electron chi connectivity index (χ0n) is 21.4. The first-order chi connectivity index (χ1) is 19.4. The Kier molecular flexibility index (Phi) is 7.51. The van der Waals surface area contributed by atoms with Gasteiger partial charge in [-0.25, -0.2) is 0 Å². The monoisotopic (exact) mass is 558 g/mol. The van der Waals surface area contributed by atoms with Crippen LogP contribution in [0.3, 0.4) is 0 Å².